The number of rotatable bonds is 2. The van der Waals surface area contributed by atoms with Crippen molar-refractivity contribution in [3.63, 3.8) is 0 Å². The van der Waals surface area contributed by atoms with E-state index in [9.17, 15) is 9.59 Å². The Morgan fingerprint density at radius 2 is 1.00 bits per heavy atom. The molecule has 0 aromatic heterocycles. The van der Waals surface area contributed by atoms with Crippen LogP contribution in [0.15, 0.2) is 23.7 Å². The Labute approximate surface area is 115 Å². The summed E-state index contributed by atoms with van der Waals surface area (Å²) in [6.45, 7) is 5.70. The molecule has 5 nitrogen and oxygen atoms in total. The van der Waals surface area contributed by atoms with Crippen molar-refractivity contribution in [1.29, 1.82) is 0 Å². The topological polar surface area (TPSA) is 106 Å². The fraction of sp³-hybridized carbons (Fsp3) is 0.400. The van der Waals surface area contributed by atoms with E-state index in [0.29, 0.717) is 0 Å². The van der Waals surface area contributed by atoms with E-state index in [1.165, 1.54) is 39.8 Å². The minimum atomic E-state index is -0.125. The Balaban J connectivity index is -0.0000000800. The van der Waals surface area contributed by atoms with Crippen LogP contribution in [0.2, 0.25) is 0 Å². The minimum Gasteiger partial charge on any atom is -0.512 e. The molecule has 0 aromatic rings. The van der Waals surface area contributed by atoms with Gasteiger partial charge in [0.1, 0.15) is 0 Å². The van der Waals surface area contributed by atoms with Gasteiger partial charge in [0.2, 0.25) is 0 Å². The fourth-order valence-corrected chi connectivity index (χ4v) is 0.588. The van der Waals surface area contributed by atoms with Gasteiger partial charge >= 0.3 is 0 Å². The van der Waals surface area contributed by atoms with Crippen LogP contribution in [0, 0.1) is 0 Å². The van der Waals surface area contributed by atoms with E-state index in [1.807, 2.05) is 0 Å². The molecule has 4 N–H and O–H groups in total. The Kier molecular flexibility index (Phi) is 21.9. The third-order valence-corrected chi connectivity index (χ3v) is 0.824. The number of aliphatic hydroxyl groups excluding tert-OH is 2. The quantitative estimate of drug-likeness (QED) is 0.451. The second kappa shape index (κ2) is 14.3. The molecule has 0 bridgehead atoms. The van der Waals surface area contributed by atoms with Crippen molar-refractivity contribution in [1.82, 2.24) is 0 Å². The average molecular weight is 331 g/mol. The molecule has 0 aliphatic heterocycles. The zero-order chi connectivity index (χ0) is 11.7. The molecule has 0 unspecified atom stereocenters. The zero-order valence-corrected chi connectivity index (χ0v) is 14.1. The number of carbonyl (C=O) groups excluding carboxylic acids is 2. The molecular formula is C10H18CdO5. The first-order chi connectivity index (χ1) is 6.25. The van der Waals surface area contributed by atoms with Gasteiger partial charge in [0, 0.05) is 39.5 Å². The van der Waals surface area contributed by atoms with Crippen molar-refractivity contribution in [2.45, 2.75) is 27.7 Å². The van der Waals surface area contributed by atoms with Crippen molar-refractivity contribution in [2.24, 2.45) is 0 Å². The summed E-state index contributed by atoms with van der Waals surface area (Å²) in [5.41, 5.74) is 0. The van der Waals surface area contributed by atoms with Crippen LogP contribution in [-0.2, 0) is 36.9 Å². The van der Waals surface area contributed by atoms with Crippen LogP contribution in [0.25, 0.3) is 0 Å². The summed E-state index contributed by atoms with van der Waals surface area (Å²) in [6, 6.07) is 0. The molecule has 0 amide bonds. The minimum absolute atomic E-state index is 0. The van der Waals surface area contributed by atoms with Crippen LogP contribution in [0.1, 0.15) is 27.7 Å². The molecule has 0 radical (unpaired) electrons. The van der Waals surface area contributed by atoms with Gasteiger partial charge in [0.25, 0.3) is 0 Å². The molecule has 0 heterocycles. The van der Waals surface area contributed by atoms with Gasteiger partial charge in [-0.05, 0) is 27.7 Å². The van der Waals surface area contributed by atoms with E-state index >= 15 is 0 Å². The van der Waals surface area contributed by atoms with E-state index in [1.54, 1.807) is 0 Å². The van der Waals surface area contributed by atoms with Crippen LogP contribution in [0.5, 0.6) is 0 Å². The summed E-state index contributed by atoms with van der Waals surface area (Å²) in [7, 11) is 0. The Hall–Kier alpha value is -0.698. The summed E-state index contributed by atoms with van der Waals surface area (Å²) in [4.78, 5) is 20.0. The first-order valence-electron chi connectivity index (χ1n) is 4.01. The summed E-state index contributed by atoms with van der Waals surface area (Å²) in [5.74, 6) is -0.125. The maximum atomic E-state index is 10.0. The van der Waals surface area contributed by atoms with Crippen LogP contribution < -0.4 is 0 Å². The molecular weight excluding hydrogens is 313 g/mol. The van der Waals surface area contributed by atoms with E-state index in [4.69, 9.17) is 10.2 Å². The van der Waals surface area contributed by atoms with Crippen LogP contribution in [-0.4, -0.2) is 27.3 Å². The van der Waals surface area contributed by atoms with Gasteiger partial charge < -0.3 is 15.7 Å². The molecule has 0 aliphatic rings. The Morgan fingerprint density at radius 1 is 0.812 bits per heavy atom. The second-order valence-corrected chi connectivity index (χ2v) is 2.79. The molecule has 0 rings (SSSR count). The molecule has 0 spiro atoms. The van der Waals surface area contributed by atoms with Gasteiger partial charge in [0.05, 0.1) is 11.5 Å². The molecule has 0 fully saturated rings. The molecule has 0 aliphatic carbocycles. The fourth-order valence-electron chi connectivity index (χ4n) is 0.588. The molecule has 0 aromatic carbocycles. The van der Waals surface area contributed by atoms with Gasteiger partial charge in [0.15, 0.2) is 11.6 Å². The van der Waals surface area contributed by atoms with E-state index in [-0.39, 0.29) is 55.9 Å². The molecule has 0 saturated heterocycles. The number of allylic oxidation sites excluding steroid dienone is 4. The number of hydrogen-bond acceptors (Lipinski definition) is 4. The van der Waals surface area contributed by atoms with Crippen molar-refractivity contribution in [2.75, 3.05) is 0 Å². The van der Waals surface area contributed by atoms with Gasteiger partial charge in [-0.1, -0.05) is 0 Å². The predicted octanol–water partition coefficient (Wildman–Crippen LogP) is 1.25. The van der Waals surface area contributed by atoms with Gasteiger partial charge in [-0.3, -0.25) is 9.59 Å². The molecule has 0 atom stereocenters. The van der Waals surface area contributed by atoms with Crippen LogP contribution >= 0.6 is 0 Å². The first-order valence-corrected chi connectivity index (χ1v) is 4.01. The Morgan fingerprint density at radius 3 is 1.00 bits per heavy atom. The van der Waals surface area contributed by atoms with E-state index < -0.39 is 0 Å². The number of aliphatic hydroxyl groups is 2. The Bertz CT molecular complexity index is 232. The first kappa shape index (κ1) is 24.5. The largest absolute Gasteiger partial charge is 0.512 e. The second-order valence-electron chi connectivity index (χ2n) is 2.79. The molecule has 16 heavy (non-hydrogen) atoms. The van der Waals surface area contributed by atoms with E-state index in [2.05, 4.69) is 0 Å². The normalized spacial score (nSPS) is 10.0. The zero-order valence-electron chi connectivity index (χ0n) is 10.1. The summed E-state index contributed by atoms with van der Waals surface area (Å²) in [5, 5.41) is 16.7. The predicted molar refractivity (Wildman–Crippen MR) is 57.7 cm³/mol. The third-order valence-electron chi connectivity index (χ3n) is 0.824. The van der Waals surface area contributed by atoms with E-state index in [0.717, 1.165) is 0 Å². The van der Waals surface area contributed by atoms with Crippen molar-refractivity contribution in [3.8, 4) is 0 Å². The number of hydrogen-bond donors (Lipinski definition) is 2. The third kappa shape index (κ3) is 37.8. The molecule has 6 heteroatoms. The standard InChI is InChI=1S/2C5H8O2.Cd.H2O/c2*1-4(6)3-5(2)7;;/h2*3,6H,1-2H3;;1H2/b2*4-3-;;. The van der Waals surface area contributed by atoms with Gasteiger partial charge in [-0.15, -0.1) is 0 Å². The molecule has 90 valence electrons. The average Bonchev–Trinajstić information content (AvgIpc) is 1.79. The van der Waals surface area contributed by atoms with Crippen molar-refractivity contribution >= 4 is 11.6 Å². The van der Waals surface area contributed by atoms with Crippen LogP contribution in [0.3, 0.4) is 0 Å². The van der Waals surface area contributed by atoms with Crippen molar-refractivity contribution in [3.05, 3.63) is 23.7 Å². The van der Waals surface area contributed by atoms with Crippen molar-refractivity contribution < 1.29 is 52.6 Å². The molecule has 0 saturated carbocycles. The monoisotopic (exact) mass is 332 g/mol. The van der Waals surface area contributed by atoms with Gasteiger partial charge in [-0.25, -0.2) is 0 Å². The van der Waals surface area contributed by atoms with Crippen LogP contribution in [0.4, 0.5) is 0 Å². The maximum Gasteiger partial charge on any atom is 0.155 e. The number of ketones is 2. The summed E-state index contributed by atoms with van der Waals surface area (Å²) in [6.07, 6.45) is 2.33. The SMILES string of the molecule is CC(=O)/C=C(/C)O.CC(=O)/C=C(/C)O.O.[Cd]. The maximum absolute atomic E-state index is 10.0. The summed E-state index contributed by atoms with van der Waals surface area (Å²) >= 11 is 0. The smallest absolute Gasteiger partial charge is 0.155 e. The van der Waals surface area contributed by atoms with Gasteiger partial charge in [-0.2, -0.15) is 0 Å². The number of carbonyl (C=O) groups is 2. The summed E-state index contributed by atoms with van der Waals surface area (Å²) < 4.78 is 0.